The van der Waals surface area contributed by atoms with Crippen LogP contribution < -0.4 is 5.32 Å². The molecule has 138 valence electrons. The van der Waals surface area contributed by atoms with Gasteiger partial charge in [0, 0.05) is 17.9 Å². The number of carboxylic acid groups (broad SMARTS) is 1. The Morgan fingerprint density at radius 1 is 1.08 bits per heavy atom. The molecule has 2 rings (SSSR count). The molecular formula is C18H16F3NO3S. The van der Waals surface area contributed by atoms with E-state index >= 15 is 0 Å². The first kappa shape index (κ1) is 19.8. The van der Waals surface area contributed by atoms with E-state index in [0.29, 0.717) is 24.3 Å². The van der Waals surface area contributed by atoms with Crippen LogP contribution in [-0.4, -0.2) is 17.0 Å². The van der Waals surface area contributed by atoms with Crippen molar-refractivity contribution in [3.8, 4) is 0 Å². The van der Waals surface area contributed by atoms with Gasteiger partial charge in [0.25, 0.3) is 0 Å². The van der Waals surface area contributed by atoms with Gasteiger partial charge in [-0.15, -0.1) is 0 Å². The molecule has 0 aliphatic carbocycles. The lowest BCUT2D eigenvalue weighted by atomic mass is 10.0. The molecule has 0 aliphatic rings. The predicted molar refractivity (Wildman–Crippen MR) is 94.5 cm³/mol. The second kappa shape index (κ2) is 8.27. The van der Waals surface area contributed by atoms with Crippen LogP contribution in [0.1, 0.15) is 33.5 Å². The maximum Gasteiger partial charge on any atom is 0.416 e. The van der Waals surface area contributed by atoms with Crippen LogP contribution >= 0.6 is 12.6 Å². The molecule has 1 amide bonds. The zero-order valence-corrected chi connectivity index (χ0v) is 14.4. The van der Waals surface area contributed by atoms with Gasteiger partial charge in [0.15, 0.2) is 0 Å². The molecule has 0 heterocycles. The number of anilines is 1. The first-order valence-electron chi connectivity index (χ1n) is 7.64. The molecule has 0 aliphatic heterocycles. The van der Waals surface area contributed by atoms with Crippen molar-refractivity contribution in [2.45, 2.75) is 24.8 Å². The highest BCUT2D eigenvalue weighted by Gasteiger charge is 2.32. The number of nitrogens with one attached hydrogen (secondary N) is 1. The third-order valence-corrected chi connectivity index (χ3v) is 4.04. The van der Waals surface area contributed by atoms with Gasteiger partial charge in [0.1, 0.15) is 0 Å². The summed E-state index contributed by atoms with van der Waals surface area (Å²) in [5, 5.41) is 11.3. The van der Waals surface area contributed by atoms with Gasteiger partial charge in [-0.3, -0.25) is 4.79 Å². The Balaban J connectivity index is 2.13. The Bertz CT molecular complexity index is 822. The zero-order chi connectivity index (χ0) is 19.3. The summed E-state index contributed by atoms with van der Waals surface area (Å²) in [4.78, 5) is 23.1. The number of aryl methyl sites for hydroxylation is 1. The molecule has 2 aromatic rings. The highest BCUT2D eigenvalue weighted by atomic mass is 32.1. The van der Waals surface area contributed by atoms with Gasteiger partial charge in [-0.2, -0.15) is 25.8 Å². The van der Waals surface area contributed by atoms with Crippen LogP contribution in [0, 0.1) is 0 Å². The first-order chi connectivity index (χ1) is 12.2. The van der Waals surface area contributed by atoms with Crippen molar-refractivity contribution in [1.29, 1.82) is 0 Å². The van der Waals surface area contributed by atoms with E-state index in [1.54, 1.807) is 0 Å². The molecule has 0 spiro atoms. The fourth-order valence-electron chi connectivity index (χ4n) is 2.41. The summed E-state index contributed by atoms with van der Waals surface area (Å²) in [6.45, 7) is 0. The summed E-state index contributed by atoms with van der Waals surface area (Å²) in [5.74, 6) is -1.50. The topological polar surface area (TPSA) is 66.4 Å². The van der Waals surface area contributed by atoms with E-state index in [2.05, 4.69) is 17.9 Å². The Morgan fingerprint density at radius 2 is 1.73 bits per heavy atom. The van der Waals surface area contributed by atoms with Crippen LogP contribution in [0.25, 0.3) is 0 Å². The minimum atomic E-state index is -4.71. The van der Waals surface area contributed by atoms with Crippen LogP contribution in [0.2, 0.25) is 0 Å². The number of hydrogen-bond donors (Lipinski definition) is 3. The van der Waals surface area contributed by atoms with E-state index in [1.807, 2.05) is 24.3 Å². The second-order valence-electron chi connectivity index (χ2n) is 5.58. The Kier molecular flexibility index (Phi) is 6.31. The number of carbonyl (C=O) groups excluding carboxylic acids is 1. The summed E-state index contributed by atoms with van der Waals surface area (Å²) in [6, 6.07) is 9.65. The summed E-state index contributed by atoms with van der Waals surface area (Å²) in [6.07, 6.45) is -4.27. The van der Waals surface area contributed by atoms with Crippen LogP contribution in [0.4, 0.5) is 18.9 Å². The Labute approximate surface area is 153 Å². The number of carboxylic acids is 1. The molecule has 0 bridgehead atoms. The summed E-state index contributed by atoms with van der Waals surface area (Å²) < 4.78 is 38.7. The SMILES string of the molecule is O=C(CCc1ccccc1CS)Nc1cc(C(=O)O)cc(C(F)(F)F)c1. The quantitative estimate of drug-likeness (QED) is 0.648. The van der Waals surface area contributed by atoms with Gasteiger partial charge in [0.05, 0.1) is 11.1 Å². The van der Waals surface area contributed by atoms with Crippen LogP contribution in [0.3, 0.4) is 0 Å². The van der Waals surface area contributed by atoms with Gasteiger partial charge in [0.2, 0.25) is 5.91 Å². The van der Waals surface area contributed by atoms with Crippen molar-refractivity contribution < 1.29 is 27.9 Å². The molecular weight excluding hydrogens is 367 g/mol. The number of benzene rings is 2. The molecule has 26 heavy (non-hydrogen) atoms. The fraction of sp³-hybridized carbons (Fsp3) is 0.222. The molecule has 0 saturated heterocycles. The lowest BCUT2D eigenvalue weighted by Crippen LogP contribution is -2.15. The Morgan fingerprint density at radius 3 is 2.31 bits per heavy atom. The summed E-state index contributed by atoms with van der Waals surface area (Å²) >= 11 is 4.21. The van der Waals surface area contributed by atoms with Gasteiger partial charge in [-0.25, -0.2) is 4.79 Å². The normalized spacial score (nSPS) is 11.2. The van der Waals surface area contributed by atoms with Gasteiger partial charge in [-0.05, 0) is 35.7 Å². The highest BCUT2D eigenvalue weighted by Crippen LogP contribution is 2.32. The van der Waals surface area contributed by atoms with E-state index in [-0.39, 0.29) is 12.1 Å². The van der Waals surface area contributed by atoms with E-state index < -0.39 is 29.2 Å². The predicted octanol–water partition coefficient (Wildman–Crippen LogP) is 4.40. The number of rotatable bonds is 6. The van der Waals surface area contributed by atoms with Gasteiger partial charge < -0.3 is 10.4 Å². The zero-order valence-electron chi connectivity index (χ0n) is 13.5. The number of halogens is 3. The van der Waals surface area contributed by atoms with E-state index in [4.69, 9.17) is 5.11 Å². The van der Waals surface area contributed by atoms with Gasteiger partial charge in [-0.1, -0.05) is 24.3 Å². The molecule has 4 nitrogen and oxygen atoms in total. The monoisotopic (exact) mass is 383 g/mol. The van der Waals surface area contributed by atoms with Crippen LogP contribution in [0.5, 0.6) is 0 Å². The molecule has 0 fully saturated rings. The van der Waals surface area contributed by atoms with Crippen LogP contribution in [0.15, 0.2) is 42.5 Å². The van der Waals surface area contributed by atoms with Crippen molar-refractivity contribution in [3.63, 3.8) is 0 Å². The minimum Gasteiger partial charge on any atom is -0.478 e. The maximum atomic E-state index is 12.9. The third-order valence-electron chi connectivity index (χ3n) is 3.70. The second-order valence-corrected chi connectivity index (χ2v) is 5.89. The largest absolute Gasteiger partial charge is 0.478 e. The molecule has 0 saturated carbocycles. The molecule has 0 atom stereocenters. The molecule has 0 aromatic heterocycles. The van der Waals surface area contributed by atoms with E-state index in [1.165, 1.54) is 0 Å². The smallest absolute Gasteiger partial charge is 0.416 e. The number of alkyl halides is 3. The number of thiol groups is 1. The lowest BCUT2D eigenvalue weighted by Gasteiger charge is -2.12. The van der Waals surface area contributed by atoms with Crippen molar-refractivity contribution in [2.75, 3.05) is 5.32 Å². The molecule has 8 heteroatoms. The van der Waals surface area contributed by atoms with Gasteiger partial charge >= 0.3 is 12.1 Å². The van der Waals surface area contributed by atoms with E-state index in [0.717, 1.165) is 17.2 Å². The first-order valence-corrected chi connectivity index (χ1v) is 8.27. The highest BCUT2D eigenvalue weighted by molar-refractivity contribution is 7.79. The maximum absolute atomic E-state index is 12.9. The van der Waals surface area contributed by atoms with Crippen molar-refractivity contribution in [3.05, 3.63) is 64.7 Å². The van der Waals surface area contributed by atoms with E-state index in [9.17, 15) is 22.8 Å². The van der Waals surface area contributed by atoms with Crippen molar-refractivity contribution in [1.82, 2.24) is 0 Å². The number of amides is 1. The number of hydrogen-bond acceptors (Lipinski definition) is 3. The summed E-state index contributed by atoms with van der Waals surface area (Å²) in [5.41, 5.74) is 0.0113. The van der Waals surface area contributed by atoms with Crippen LogP contribution in [-0.2, 0) is 23.1 Å². The molecule has 0 radical (unpaired) electrons. The molecule has 0 unspecified atom stereocenters. The third kappa shape index (κ3) is 5.26. The Hall–Kier alpha value is -2.48. The average molecular weight is 383 g/mol. The summed E-state index contributed by atoms with van der Waals surface area (Å²) in [7, 11) is 0. The molecule has 2 N–H and O–H groups in total. The fourth-order valence-corrected chi connectivity index (χ4v) is 2.72. The molecule has 2 aromatic carbocycles. The number of carbonyl (C=O) groups is 2. The average Bonchev–Trinajstić information content (AvgIpc) is 2.59. The number of aromatic carboxylic acids is 1. The van der Waals surface area contributed by atoms with Crippen molar-refractivity contribution in [2.24, 2.45) is 0 Å². The minimum absolute atomic E-state index is 0.0451. The van der Waals surface area contributed by atoms with Crippen molar-refractivity contribution >= 4 is 30.2 Å². The lowest BCUT2D eigenvalue weighted by molar-refractivity contribution is -0.137. The standard InChI is InChI=1S/C18H16F3NO3S/c19-18(20,21)14-7-13(17(24)25)8-15(9-14)22-16(23)6-5-11-3-1-2-4-12(11)10-26/h1-4,7-9,26H,5-6,10H2,(H,22,23)(H,24,25).